The zero-order valence-electron chi connectivity index (χ0n) is 12.5. The zero-order chi connectivity index (χ0) is 16.7. The molecule has 1 N–H and O–H groups in total. The highest BCUT2D eigenvalue weighted by atomic mass is 35.5. The first-order valence-electron chi connectivity index (χ1n) is 6.97. The number of fused-ring (bicyclic) bond motifs is 1. The van der Waals surface area contributed by atoms with Crippen LogP contribution in [0.1, 0.15) is 21.5 Å². The highest BCUT2D eigenvalue weighted by molar-refractivity contribution is 6.31. The van der Waals surface area contributed by atoms with Gasteiger partial charge in [-0.15, -0.1) is 0 Å². The number of hydrogen-bond donors (Lipinski definition) is 1. The van der Waals surface area contributed by atoms with E-state index in [2.05, 4.69) is 4.98 Å². The van der Waals surface area contributed by atoms with Crippen LogP contribution in [0.2, 0.25) is 5.02 Å². The highest BCUT2D eigenvalue weighted by Crippen LogP contribution is 2.29. The summed E-state index contributed by atoms with van der Waals surface area (Å²) in [6, 6.07) is 9.67. The summed E-state index contributed by atoms with van der Waals surface area (Å²) in [6.45, 7) is 3.94. The maximum absolute atomic E-state index is 14.2. The van der Waals surface area contributed by atoms with Crippen molar-refractivity contribution in [3.8, 4) is 11.3 Å². The third-order valence-electron chi connectivity index (χ3n) is 3.86. The number of aromatic carboxylic acids is 1. The summed E-state index contributed by atoms with van der Waals surface area (Å²) < 4.78 is 14.2. The highest BCUT2D eigenvalue weighted by Gasteiger charge is 2.16. The van der Waals surface area contributed by atoms with Gasteiger partial charge >= 0.3 is 5.97 Å². The minimum Gasteiger partial charge on any atom is -0.478 e. The number of halogens is 2. The minimum absolute atomic E-state index is 0.00234. The number of carbonyl (C=O) groups is 1. The number of carboxylic acids is 1. The van der Waals surface area contributed by atoms with Gasteiger partial charge in [0.1, 0.15) is 5.52 Å². The maximum atomic E-state index is 14.2. The van der Waals surface area contributed by atoms with Crippen molar-refractivity contribution in [1.82, 2.24) is 4.98 Å². The number of nitrogens with zero attached hydrogens (tertiary/aromatic N) is 1. The first-order chi connectivity index (χ1) is 10.9. The number of benzene rings is 2. The molecule has 1 aromatic heterocycles. The Morgan fingerprint density at radius 2 is 1.87 bits per heavy atom. The summed E-state index contributed by atoms with van der Waals surface area (Å²) in [5.41, 5.74) is 3.31. The van der Waals surface area contributed by atoms with Crippen molar-refractivity contribution in [2.24, 2.45) is 0 Å². The van der Waals surface area contributed by atoms with Gasteiger partial charge in [0.15, 0.2) is 5.82 Å². The van der Waals surface area contributed by atoms with Crippen molar-refractivity contribution in [1.29, 1.82) is 0 Å². The molecule has 0 fully saturated rings. The van der Waals surface area contributed by atoms with Gasteiger partial charge in [-0.3, -0.25) is 0 Å². The second-order valence-corrected chi connectivity index (χ2v) is 5.88. The fourth-order valence-electron chi connectivity index (χ4n) is 2.48. The van der Waals surface area contributed by atoms with Crippen molar-refractivity contribution >= 4 is 28.5 Å². The molecular formula is C18H13ClFNO2. The van der Waals surface area contributed by atoms with Gasteiger partial charge in [0.2, 0.25) is 0 Å². The van der Waals surface area contributed by atoms with Crippen LogP contribution in [0, 0.1) is 19.7 Å². The minimum atomic E-state index is -1.15. The normalized spacial score (nSPS) is 11.0. The smallest absolute Gasteiger partial charge is 0.336 e. The molecule has 3 nitrogen and oxygen atoms in total. The summed E-state index contributed by atoms with van der Waals surface area (Å²) in [7, 11) is 0. The number of hydrogen-bond acceptors (Lipinski definition) is 2. The molecule has 0 amide bonds. The number of rotatable bonds is 2. The standard InChI is InChI=1S/C18H13ClFNO2/c1-9-3-4-11(5-10(9)2)16-8-14(18(22)23)13-6-12(19)7-15(20)17(13)21-16/h3-8H,1-2H3,(H,22,23). The van der Waals surface area contributed by atoms with Gasteiger partial charge < -0.3 is 5.11 Å². The van der Waals surface area contributed by atoms with Crippen LogP contribution >= 0.6 is 11.6 Å². The number of pyridine rings is 1. The Kier molecular flexibility index (Phi) is 3.78. The summed E-state index contributed by atoms with van der Waals surface area (Å²) >= 11 is 5.83. The predicted octanol–water partition coefficient (Wildman–Crippen LogP) is 5.01. The maximum Gasteiger partial charge on any atom is 0.336 e. The Hall–Kier alpha value is -2.46. The molecule has 5 heteroatoms. The quantitative estimate of drug-likeness (QED) is 0.719. The molecule has 23 heavy (non-hydrogen) atoms. The fraction of sp³-hybridized carbons (Fsp3) is 0.111. The third kappa shape index (κ3) is 2.78. The van der Waals surface area contributed by atoms with E-state index in [9.17, 15) is 14.3 Å². The van der Waals surface area contributed by atoms with Crippen molar-refractivity contribution < 1.29 is 14.3 Å². The van der Waals surface area contributed by atoms with E-state index in [1.165, 1.54) is 12.1 Å². The van der Waals surface area contributed by atoms with Crippen LogP contribution in [-0.4, -0.2) is 16.1 Å². The molecule has 0 unspecified atom stereocenters. The lowest BCUT2D eigenvalue weighted by Gasteiger charge is -2.10. The summed E-state index contributed by atoms with van der Waals surface area (Å²) in [4.78, 5) is 15.9. The van der Waals surface area contributed by atoms with Crippen LogP contribution in [0.25, 0.3) is 22.2 Å². The van der Waals surface area contributed by atoms with E-state index in [-0.39, 0.29) is 21.5 Å². The summed E-state index contributed by atoms with van der Waals surface area (Å²) in [5.74, 6) is -1.79. The molecule has 0 saturated heterocycles. The molecule has 0 radical (unpaired) electrons. The van der Waals surface area contributed by atoms with Crippen LogP contribution in [0.3, 0.4) is 0 Å². The van der Waals surface area contributed by atoms with Gasteiger partial charge in [-0.25, -0.2) is 14.2 Å². The SMILES string of the molecule is Cc1ccc(-c2cc(C(=O)O)c3cc(Cl)cc(F)c3n2)cc1C. The molecule has 3 rings (SSSR count). The van der Waals surface area contributed by atoms with Crippen molar-refractivity contribution in [3.05, 3.63) is 63.9 Å². The van der Waals surface area contributed by atoms with Crippen molar-refractivity contribution in [3.63, 3.8) is 0 Å². The van der Waals surface area contributed by atoms with E-state index >= 15 is 0 Å². The van der Waals surface area contributed by atoms with Gasteiger partial charge in [0.05, 0.1) is 11.3 Å². The molecule has 3 aromatic rings. The van der Waals surface area contributed by atoms with Crippen molar-refractivity contribution in [2.45, 2.75) is 13.8 Å². The molecule has 0 atom stereocenters. The topological polar surface area (TPSA) is 50.2 Å². The number of carboxylic acid groups (broad SMARTS) is 1. The molecule has 2 aromatic carbocycles. The van der Waals surface area contributed by atoms with Gasteiger partial charge in [-0.2, -0.15) is 0 Å². The van der Waals surface area contributed by atoms with Crippen LogP contribution < -0.4 is 0 Å². The van der Waals surface area contributed by atoms with Gasteiger partial charge in [0.25, 0.3) is 0 Å². The Balaban J connectivity index is 2.34. The monoisotopic (exact) mass is 329 g/mol. The van der Waals surface area contributed by atoms with E-state index < -0.39 is 11.8 Å². The van der Waals surface area contributed by atoms with E-state index in [0.29, 0.717) is 5.69 Å². The molecular weight excluding hydrogens is 317 g/mol. The lowest BCUT2D eigenvalue weighted by atomic mass is 10.0. The first-order valence-corrected chi connectivity index (χ1v) is 7.35. The van der Waals surface area contributed by atoms with Gasteiger partial charge in [0, 0.05) is 16.0 Å². The van der Waals surface area contributed by atoms with Crippen LogP contribution in [0.15, 0.2) is 36.4 Å². The third-order valence-corrected chi connectivity index (χ3v) is 4.08. The molecule has 0 bridgehead atoms. The Bertz CT molecular complexity index is 953. The Labute approximate surface area is 137 Å². The lowest BCUT2D eigenvalue weighted by Crippen LogP contribution is -2.01. The lowest BCUT2D eigenvalue weighted by molar-refractivity contribution is 0.0699. The molecule has 1 heterocycles. The fourth-order valence-corrected chi connectivity index (χ4v) is 2.68. The van der Waals surface area contributed by atoms with E-state index in [1.807, 2.05) is 32.0 Å². The van der Waals surface area contributed by atoms with Gasteiger partial charge in [-0.05, 0) is 49.2 Å². The number of aromatic nitrogens is 1. The Morgan fingerprint density at radius 3 is 2.52 bits per heavy atom. The molecule has 0 saturated carbocycles. The Morgan fingerprint density at radius 1 is 1.13 bits per heavy atom. The second-order valence-electron chi connectivity index (χ2n) is 5.44. The van der Waals surface area contributed by atoms with E-state index in [0.717, 1.165) is 22.8 Å². The average Bonchev–Trinajstić information content (AvgIpc) is 2.49. The predicted molar refractivity (Wildman–Crippen MR) is 88.6 cm³/mol. The van der Waals surface area contributed by atoms with Crippen LogP contribution in [0.5, 0.6) is 0 Å². The molecule has 116 valence electrons. The van der Waals surface area contributed by atoms with E-state index in [4.69, 9.17) is 11.6 Å². The van der Waals surface area contributed by atoms with Crippen LogP contribution in [0.4, 0.5) is 4.39 Å². The van der Waals surface area contributed by atoms with Crippen molar-refractivity contribution in [2.75, 3.05) is 0 Å². The molecule has 0 aliphatic carbocycles. The number of aryl methyl sites for hydroxylation is 2. The molecule has 0 aliphatic heterocycles. The van der Waals surface area contributed by atoms with Crippen LogP contribution in [-0.2, 0) is 0 Å². The zero-order valence-corrected chi connectivity index (χ0v) is 13.3. The largest absolute Gasteiger partial charge is 0.478 e. The average molecular weight is 330 g/mol. The van der Waals surface area contributed by atoms with Gasteiger partial charge in [-0.1, -0.05) is 23.7 Å². The second kappa shape index (κ2) is 5.63. The summed E-state index contributed by atoms with van der Waals surface area (Å²) in [6.07, 6.45) is 0. The van der Waals surface area contributed by atoms with E-state index in [1.54, 1.807) is 0 Å². The summed E-state index contributed by atoms with van der Waals surface area (Å²) in [5, 5.41) is 9.77. The first kappa shape index (κ1) is 15.4. The molecule has 0 aliphatic rings. The molecule has 0 spiro atoms.